The standard InChI is InChI=1S/C38H73NO8/c1-3-5-7-9-11-13-14-15-16-17-18-19-20-22-24-26-28-34(42)39-31(32(41)27-25-23-21-12-10-8-6-4-2)30-46-38-37(45)36(44)35(43)33(29-40)47-38/h25,27,31-33,35-38,40-41,43-45H,3-24,26,28-30H2,1-2H3,(H,39,42)/b27-25+. The molecule has 6 N–H and O–H groups in total. The monoisotopic (exact) mass is 672 g/mol. The molecule has 0 aliphatic carbocycles. The fourth-order valence-electron chi connectivity index (χ4n) is 6.15. The molecule has 278 valence electrons. The van der Waals surface area contributed by atoms with Crippen LogP contribution in [0.4, 0.5) is 0 Å². The summed E-state index contributed by atoms with van der Waals surface area (Å²) in [6.45, 7) is 3.71. The van der Waals surface area contributed by atoms with E-state index in [1.54, 1.807) is 6.08 Å². The van der Waals surface area contributed by atoms with Gasteiger partial charge in [0.25, 0.3) is 0 Å². The topological polar surface area (TPSA) is 149 Å². The highest BCUT2D eigenvalue weighted by molar-refractivity contribution is 5.76. The molecule has 7 atom stereocenters. The minimum Gasteiger partial charge on any atom is -0.394 e. The van der Waals surface area contributed by atoms with Gasteiger partial charge in [-0.3, -0.25) is 4.79 Å². The molecule has 7 unspecified atom stereocenters. The van der Waals surface area contributed by atoms with Gasteiger partial charge in [0.05, 0.1) is 25.4 Å². The number of amides is 1. The van der Waals surface area contributed by atoms with Gasteiger partial charge in [-0.25, -0.2) is 0 Å². The van der Waals surface area contributed by atoms with Crippen molar-refractivity contribution < 1.29 is 39.8 Å². The van der Waals surface area contributed by atoms with Crippen LogP contribution in [-0.4, -0.2) is 87.5 Å². The summed E-state index contributed by atoms with van der Waals surface area (Å²) in [5.41, 5.74) is 0. The first-order valence-electron chi connectivity index (χ1n) is 19.4. The maximum Gasteiger partial charge on any atom is 0.220 e. The van der Waals surface area contributed by atoms with Gasteiger partial charge in [0, 0.05) is 6.42 Å². The van der Waals surface area contributed by atoms with Crippen molar-refractivity contribution in [2.24, 2.45) is 0 Å². The van der Waals surface area contributed by atoms with Crippen molar-refractivity contribution in [2.75, 3.05) is 13.2 Å². The minimum atomic E-state index is -1.56. The van der Waals surface area contributed by atoms with E-state index in [0.717, 1.165) is 38.5 Å². The third kappa shape index (κ3) is 21.6. The zero-order chi connectivity index (χ0) is 34.5. The van der Waals surface area contributed by atoms with Crippen molar-refractivity contribution in [3.8, 4) is 0 Å². The lowest BCUT2D eigenvalue weighted by Gasteiger charge is -2.40. The number of nitrogens with one attached hydrogen (secondary N) is 1. The SMILES string of the molecule is CCCCCCCC/C=C/C(O)C(COC1OC(CO)C(O)C(O)C1O)NC(=O)CCCCCCCCCCCCCCCCCC. The highest BCUT2D eigenvalue weighted by atomic mass is 16.7. The second-order valence-electron chi connectivity index (χ2n) is 13.7. The molecule has 1 fully saturated rings. The van der Waals surface area contributed by atoms with E-state index in [9.17, 15) is 30.3 Å². The first kappa shape index (κ1) is 44.0. The van der Waals surface area contributed by atoms with E-state index in [-0.39, 0.29) is 12.5 Å². The fraction of sp³-hybridized carbons (Fsp3) is 0.921. The number of allylic oxidation sites excluding steroid dienone is 1. The summed E-state index contributed by atoms with van der Waals surface area (Å²) in [5, 5.41) is 53.7. The molecule has 9 heteroatoms. The highest BCUT2D eigenvalue weighted by Crippen LogP contribution is 2.22. The Morgan fingerprint density at radius 2 is 1.17 bits per heavy atom. The third-order valence-corrected chi connectivity index (χ3v) is 9.36. The van der Waals surface area contributed by atoms with E-state index in [0.29, 0.717) is 6.42 Å². The Hall–Kier alpha value is -1.07. The average Bonchev–Trinajstić information content (AvgIpc) is 3.07. The highest BCUT2D eigenvalue weighted by Gasteiger charge is 2.44. The van der Waals surface area contributed by atoms with Crippen LogP contribution in [0, 0.1) is 0 Å². The van der Waals surface area contributed by atoms with Crippen molar-refractivity contribution in [1.82, 2.24) is 5.32 Å². The van der Waals surface area contributed by atoms with Gasteiger partial charge in [0.15, 0.2) is 6.29 Å². The maximum atomic E-state index is 12.8. The molecule has 9 nitrogen and oxygen atoms in total. The zero-order valence-corrected chi connectivity index (χ0v) is 30.0. The van der Waals surface area contributed by atoms with Crippen molar-refractivity contribution in [3.05, 3.63) is 12.2 Å². The number of hydrogen-bond acceptors (Lipinski definition) is 8. The summed E-state index contributed by atoms with van der Waals surface area (Å²) in [7, 11) is 0. The molecule has 0 saturated carbocycles. The van der Waals surface area contributed by atoms with Crippen LogP contribution >= 0.6 is 0 Å². The molecule has 0 aromatic rings. The molecule has 1 saturated heterocycles. The van der Waals surface area contributed by atoms with Gasteiger partial charge in [-0.15, -0.1) is 0 Å². The normalized spacial score (nSPS) is 22.9. The molecule has 0 bridgehead atoms. The first-order valence-corrected chi connectivity index (χ1v) is 19.4. The van der Waals surface area contributed by atoms with Crippen LogP contribution in [-0.2, 0) is 14.3 Å². The molecule has 0 radical (unpaired) electrons. The molecular weight excluding hydrogens is 598 g/mol. The second-order valence-corrected chi connectivity index (χ2v) is 13.7. The van der Waals surface area contributed by atoms with E-state index in [1.165, 1.54) is 109 Å². The largest absolute Gasteiger partial charge is 0.394 e. The summed E-state index contributed by atoms with van der Waals surface area (Å²) in [6, 6.07) is -0.795. The van der Waals surface area contributed by atoms with Gasteiger partial charge >= 0.3 is 0 Å². The summed E-state index contributed by atoms with van der Waals surface area (Å²) < 4.78 is 11.1. The minimum absolute atomic E-state index is 0.179. The lowest BCUT2D eigenvalue weighted by atomic mass is 9.99. The second kappa shape index (κ2) is 29.8. The number of carbonyl (C=O) groups excluding carboxylic acids is 1. The average molecular weight is 672 g/mol. The van der Waals surface area contributed by atoms with Gasteiger partial charge in [-0.05, 0) is 19.3 Å². The van der Waals surface area contributed by atoms with Crippen molar-refractivity contribution >= 4 is 5.91 Å². The van der Waals surface area contributed by atoms with Crippen LogP contribution in [0.1, 0.15) is 168 Å². The van der Waals surface area contributed by atoms with Gasteiger partial charge in [-0.1, -0.05) is 154 Å². The lowest BCUT2D eigenvalue weighted by molar-refractivity contribution is -0.302. The fourth-order valence-corrected chi connectivity index (χ4v) is 6.15. The van der Waals surface area contributed by atoms with Crippen molar-refractivity contribution in [2.45, 2.75) is 211 Å². The molecule has 1 aliphatic rings. The number of hydrogen-bond donors (Lipinski definition) is 6. The number of aliphatic hydroxyl groups excluding tert-OH is 5. The Morgan fingerprint density at radius 3 is 1.66 bits per heavy atom. The van der Waals surface area contributed by atoms with Crippen LogP contribution < -0.4 is 5.32 Å². The zero-order valence-electron chi connectivity index (χ0n) is 30.0. The maximum absolute atomic E-state index is 12.8. The number of aliphatic hydroxyl groups is 5. The van der Waals surface area contributed by atoms with Gasteiger partial charge in [0.1, 0.15) is 24.4 Å². The van der Waals surface area contributed by atoms with E-state index < -0.39 is 49.5 Å². The Balaban J connectivity index is 2.37. The molecule has 1 rings (SSSR count). The Bertz CT molecular complexity index is 751. The number of rotatable bonds is 31. The Kier molecular flexibility index (Phi) is 27.9. The third-order valence-electron chi connectivity index (χ3n) is 9.36. The van der Waals surface area contributed by atoms with Crippen LogP contribution in [0.15, 0.2) is 12.2 Å². The molecule has 0 aromatic heterocycles. The quantitative estimate of drug-likeness (QED) is 0.0357. The summed E-state index contributed by atoms with van der Waals surface area (Å²) in [4.78, 5) is 12.8. The smallest absolute Gasteiger partial charge is 0.220 e. The molecule has 1 heterocycles. The van der Waals surface area contributed by atoms with E-state index in [1.807, 2.05) is 6.08 Å². The van der Waals surface area contributed by atoms with Crippen LogP contribution in [0.5, 0.6) is 0 Å². The van der Waals surface area contributed by atoms with E-state index in [2.05, 4.69) is 19.2 Å². The van der Waals surface area contributed by atoms with Crippen LogP contribution in [0.25, 0.3) is 0 Å². The van der Waals surface area contributed by atoms with Crippen LogP contribution in [0.3, 0.4) is 0 Å². The summed E-state index contributed by atoms with van der Waals surface area (Å²) in [5.74, 6) is -0.179. The molecule has 47 heavy (non-hydrogen) atoms. The van der Waals surface area contributed by atoms with Gasteiger partial charge in [0.2, 0.25) is 5.91 Å². The molecule has 0 aromatic carbocycles. The molecule has 1 amide bonds. The van der Waals surface area contributed by atoms with E-state index in [4.69, 9.17) is 9.47 Å². The predicted molar refractivity (Wildman–Crippen MR) is 189 cm³/mol. The van der Waals surface area contributed by atoms with Crippen LogP contribution in [0.2, 0.25) is 0 Å². The molecular formula is C38H73NO8. The van der Waals surface area contributed by atoms with Crippen molar-refractivity contribution in [3.63, 3.8) is 0 Å². The first-order chi connectivity index (χ1) is 22.8. The lowest BCUT2D eigenvalue weighted by Crippen LogP contribution is -2.60. The predicted octanol–water partition coefficient (Wildman–Crippen LogP) is 6.61. The van der Waals surface area contributed by atoms with Crippen molar-refractivity contribution in [1.29, 1.82) is 0 Å². The van der Waals surface area contributed by atoms with Gasteiger partial charge < -0.3 is 40.3 Å². The molecule has 1 aliphatic heterocycles. The Morgan fingerprint density at radius 1 is 0.702 bits per heavy atom. The van der Waals surface area contributed by atoms with Gasteiger partial charge in [-0.2, -0.15) is 0 Å². The summed E-state index contributed by atoms with van der Waals surface area (Å²) >= 11 is 0. The summed E-state index contributed by atoms with van der Waals surface area (Å²) in [6.07, 6.45) is 24.1. The number of carbonyl (C=O) groups is 1. The number of ether oxygens (including phenoxy) is 2. The number of unbranched alkanes of at least 4 members (excludes halogenated alkanes) is 21. The Labute approximate surface area is 286 Å². The molecule has 0 spiro atoms. The van der Waals surface area contributed by atoms with E-state index >= 15 is 0 Å².